The van der Waals surface area contributed by atoms with Gasteiger partial charge < -0.3 is 15.8 Å². The van der Waals surface area contributed by atoms with E-state index >= 15 is 0 Å². The van der Waals surface area contributed by atoms with Gasteiger partial charge >= 0.3 is 5.82 Å². The van der Waals surface area contributed by atoms with Crippen molar-refractivity contribution in [2.24, 2.45) is 11.7 Å². The molecule has 0 aliphatic heterocycles. The highest BCUT2D eigenvalue weighted by atomic mass is 16.6. The first-order valence-corrected chi connectivity index (χ1v) is 4.43. The molecule has 1 rings (SSSR count). The highest BCUT2D eigenvalue weighted by molar-refractivity contribution is 5.27. The molecule has 14 heavy (non-hydrogen) atoms. The highest BCUT2D eigenvalue weighted by Crippen LogP contribution is 2.14. The van der Waals surface area contributed by atoms with Crippen LogP contribution in [0.4, 0.5) is 5.82 Å². The SMILES string of the molecule is Cc1cn(CC(C)CN)nc1[N+](=O)[O-]. The summed E-state index contributed by atoms with van der Waals surface area (Å²) in [7, 11) is 0. The molecule has 1 heterocycles. The summed E-state index contributed by atoms with van der Waals surface area (Å²) in [4.78, 5) is 10.0. The maximum absolute atomic E-state index is 10.5. The first-order valence-electron chi connectivity index (χ1n) is 4.43. The normalized spacial score (nSPS) is 12.8. The van der Waals surface area contributed by atoms with Gasteiger partial charge in [0.1, 0.15) is 0 Å². The third kappa shape index (κ3) is 2.29. The Morgan fingerprint density at radius 3 is 2.86 bits per heavy atom. The number of nitrogens with two attached hydrogens (primary N) is 1. The van der Waals surface area contributed by atoms with Crippen LogP contribution in [0.1, 0.15) is 12.5 Å². The van der Waals surface area contributed by atoms with Crippen LogP contribution in [0.25, 0.3) is 0 Å². The van der Waals surface area contributed by atoms with Crippen LogP contribution >= 0.6 is 0 Å². The van der Waals surface area contributed by atoms with Crippen LogP contribution in [0.5, 0.6) is 0 Å². The van der Waals surface area contributed by atoms with Gasteiger partial charge in [-0.05, 0) is 24.3 Å². The molecule has 1 unspecified atom stereocenters. The summed E-state index contributed by atoms with van der Waals surface area (Å²) in [5, 5.41) is 14.4. The van der Waals surface area contributed by atoms with E-state index in [4.69, 9.17) is 5.73 Å². The Morgan fingerprint density at radius 2 is 2.43 bits per heavy atom. The summed E-state index contributed by atoms with van der Waals surface area (Å²) >= 11 is 0. The molecule has 0 saturated heterocycles. The standard InChI is InChI=1S/C8H14N4O2/c1-6(3-9)4-11-5-7(2)8(10-11)12(13)14/h5-6H,3-4,9H2,1-2H3. The molecule has 0 radical (unpaired) electrons. The number of nitro groups is 1. The minimum atomic E-state index is -0.473. The summed E-state index contributed by atoms with van der Waals surface area (Å²) in [5.41, 5.74) is 6.03. The van der Waals surface area contributed by atoms with Gasteiger partial charge in [-0.25, -0.2) is 0 Å². The van der Waals surface area contributed by atoms with Gasteiger partial charge in [0.05, 0.1) is 23.4 Å². The Bertz CT molecular complexity index is 334. The van der Waals surface area contributed by atoms with Crippen molar-refractivity contribution >= 4 is 5.82 Å². The number of hydrogen-bond acceptors (Lipinski definition) is 4. The Labute approximate surface area is 81.9 Å². The van der Waals surface area contributed by atoms with E-state index < -0.39 is 4.92 Å². The van der Waals surface area contributed by atoms with E-state index in [9.17, 15) is 10.1 Å². The molecule has 0 fully saturated rings. The molecular weight excluding hydrogens is 184 g/mol. The molecule has 0 amide bonds. The molecular formula is C8H14N4O2. The largest absolute Gasteiger partial charge is 0.392 e. The number of nitrogens with zero attached hydrogens (tertiary/aromatic N) is 3. The van der Waals surface area contributed by atoms with Crippen LogP contribution in [0.3, 0.4) is 0 Å². The Morgan fingerprint density at radius 1 is 1.79 bits per heavy atom. The third-order valence-electron chi connectivity index (χ3n) is 1.99. The molecule has 0 aliphatic rings. The van der Waals surface area contributed by atoms with Crippen LogP contribution in [-0.4, -0.2) is 21.2 Å². The molecule has 0 saturated carbocycles. The highest BCUT2D eigenvalue weighted by Gasteiger charge is 2.17. The van der Waals surface area contributed by atoms with Crippen molar-refractivity contribution in [3.63, 3.8) is 0 Å². The number of hydrogen-bond donors (Lipinski definition) is 1. The molecule has 6 nitrogen and oxygen atoms in total. The summed E-state index contributed by atoms with van der Waals surface area (Å²) in [6.07, 6.45) is 1.67. The number of rotatable bonds is 4. The monoisotopic (exact) mass is 198 g/mol. The van der Waals surface area contributed by atoms with Crippen molar-refractivity contribution in [2.75, 3.05) is 6.54 Å². The molecule has 2 N–H and O–H groups in total. The summed E-state index contributed by atoms with van der Waals surface area (Å²) < 4.78 is 1.57. The number of aromatic nitrogens is 2. The van der Waals surface area contributed by atoms with Crippen molar-refractivity contribution in [3.05, 3.63) is 21.9 Å². The Hall–Kier alpha value is -1.43. The molecule has 1 aromatic rings. The minimum absolute atomic E-state index is 0.0748. The third-order valence-corrected chi connectivity index (χ3v) is 1.99. The Kier molecular flexibility index (Phi) is 3.19. The van der Waals surface area contributed by atoms with Crippen LogP contribution in [0.15, 0.2) is 6.20 Å². The quantitative estimate of drug-likeness (QED) is 0.569. The van der Waals surface area contributed by atoms with Crippen molar-refractivity contribution in [2.45, 2.75) is 20.4 Å². The molecule has 0 aromatic carbocycles. The van der Waals surface area contributed by atoms with Gasteiger partial charge in [0.25, 0.3) is 0 Å². The van der Waals surface area contributed by atoms with Crippen LogP contribution < -0.4 is 5.73 Å². The van der Waals surface area contributed by atoms with Crippen molar-refractivity contribution < 1.29 is 4.92 Å². The van der Waals surface area contributed by atoms with E-state index in [-0.39, 0.29) is 11.7 Å². The van der Waals surface area contributed by atoms with Crippen molar-refractivity contribution in [1.82, 2.24) is 9.78 Å². The fourth-order valence-corrected chi connectivity index (χ4v) is 1.18. The zero-order valence-corrected chi connectivity index (χ0v) is 8.30. The average Bonchev–Trinajstić information content (AvgIpc) is 2.46. The molecule has 1 atom stereocenters. The molecule has 0 aliphatic carbocycles. The van der Waals surface area contributed by atoms with E-state index in [1.165, 1.54) is 0 Å². The van der Waals surface area contributed by atoms with Crippen LogP contribution in [0.2, 0.25) is 0 Å². The molecule has 0 spiro atoms. The fourth-order valence-electron chi connectivity index (χ4n) is 1.18. The van der Waals surface area contributed by atoms with E-state index in [1.807, 2.05) is 6.92 Å². The lowest BCUT2D eigenvalue weighted by Gasteiger charge is -2.03. The fraction of sp³-hybridized carbons (Fsp3) is 0.625. The van der Waals surface area contributed by atoms with Gasteiger partial charge in [-0.3, -0.25) is 0 Å². The van der Waals surface area contributed by atoms with Gasteiger partial charge in [0.15, 0.2) is 0 Å². The topological polar surface area (TPSA) is 87.0 Å². The van der Waals surface area contributed by atoms with Gasteiger partial charge in [-0.1, -0.05) is 6.92 Å². The average molecular weight is 198 g/mol. The summed E-state index contributed by atoms with van der Waals surface area (Å²) in [6, 6.07) is 0. The second-order valence-electron chi connectivity index (χ2n) is 3.46. The molecule has 1 aromatic heterocycles. The first kappa shape index (κ1) is 10.6. The Balaban J connectivity index is 2.81. The maximum atomic E-state index is 10.5. The maximum Gasteiger partial charge on any atom is 0.392 e. The molecule has 6 heteroatoms. The van der Waals surface area contributed by atoms with Crippen LogP contribution in [0, 0.1) is 23.0 Å². The smallest absolute Gasteiger partial charge is 0.358 e. The summed E-state index contributed by atoms with van der Waals surface area (Å²) in [6.45, 7) is 4.81. The molecule has 78 valence electrons. The van der Waals surface area contributed by atoms with E-state index in [1.54, 1.807) is 17.8 Å². The number of aryl methyl sites for hydroxylation is 1. The first-order chi connectivity index (χ1) is 6.54. The van der Waals surface area contributed by atoms with Gasteiger partial charge in [-0.2, -0.15) is 4.68 Å². The lowest BCUT2D eigenvalue weighted by Crippen LogP contribution is -2.17. The lowest BCUT2D eigenvalue weighted by molar-refractivity contribution is -0.390. The van der Waals surface area contributed by atoms with E-state index in [0.717, 1.165) is 0 Å². The minimum Gasteiger partial charge on any atom is -0.358 e. The molecule has 0 bridgehead atoms. The van der Waals surface area contributed by atoms with Gasteiger partial charge in [-0.15, -0.1) is 0 Å². The predicted molar refractivity (Wildman–Crippen MR) is 51.8 cm³/mol. The van der Waals surface area contributed by atoms with Crippen molar-refractivity contribution in [3.8, 4) is 0 Å². The zero-order chi connectivity index (χ0) is 10.7. The van der Waals surface area contributed by atoms with Gasteiger partial charge in [0, 0.05) is 0 Å². The second kappa shape index (κ2) is 4.19. The van der Waals surface area contributed by atoms with Crippen LogP contribution in [-0.2, 0) is 6.54 Å². The second-order valence-corrected chi connectivity index (χ2v) is 3.46. The lowest BCUT2D eigenvalue weighted by atomic mass is 10.2. The van der Waals surface area contributed by atoms with E-state index in [0.29, 0.717) is 18.7 Å². The van der Waals surface area contributed by atoms with Crippen molar-refractivity contribution in [1.29, 1.82) is 0 Å². The zero-order valence-electron chi connectivity index (χ0n) is 8.30. The van der Waals surface area contributed by atoms with E-state index in [2.05, 4.69) is 5.10 Å². The van der Waals surface area contributed by atoms with Gasteiger partial charge in [0.2, 0.25) is 0 Å². The predicted octanol–water partition coefficient (Wildman–Crippen LogP) is 0.695. The summed E-state index contributed by atoms with van der Waals surface area (Å²) in [5.74, 6) is 0.197.